The molecule has 1 amide bonds. The van der Waals surface area contributed by atoms with Crippen molar-refractivity contribution in [2.24, 2.45) is 0 Å². The third kappa shape index (κ3) is 2.28. The maximum atomic E-state index is 13.2. The van der Waals surface area contributed by atoms with E-state index in [0.29, 0.717) is 23.7 Å². The van der Waals surface area contributed by atoms with Crippen LogP contribution in [0.15, 0.2) is 61.2 Å². The fourth-order valence-electron chi connectivity index (χ4n) is 3.35. The van der Waals surface area contributed by atoms with E-state index in [1.165, 1.54) is 0 Å². The van der Waals surface area contributed by atoms with Crippen molar-refractivity contribution < 1.29 is 4.79 Å². The topological polar surface area (TPSA) is 68.3 Å². The largest absolute Gasteiger partial charge is 0.316 e. The SMILES string of the molecule is O=C(c1cnn2cccnc12)N1CCCn2cc(-c3ccccc3)nc21. The molecule has 5 rings (SSSR count). The molecule has 0 radical (unpaired) electrons. The highest BCUT2D eigenvalue weighted by Crippen LogP contribution is 2.27. The van der Waals surface area contributed by atoms with Crippen LogP contribution >= 0.6 is 0 Å². The Morgan fingerprint density at radius 3 is 2.85 bits per heavy atom. The summed E-state index contributed by atoms with van der Waals surface area (Å²) in [5.41, 5.74) is 2.96. The van der Waals surface area contributed by atoms with Crippen LogP contribution < -0.4 is 4.90 Å². The zero-order valence-corrected chi connectivity index (χ0v) is 14.0. The van der Waals surface area contributed by atoms with Crippen LogP contribution in [0.5, 0.6) is 0 Å². The maximum Gasteiger partial charge on any atom is 0.266 e. The van der Waals surface area contributed by atoms with Crippen molar-refractivity contribution in [3.63, 3.8) is 0 Å². The summed E-state index contributed by atoms with van der Waals surface area (Å²) < 4.78 is 3.65. The van der Waals surface area contributed by atoms with Gasteiger partial charge in [0.2, 0.25) is 5.95 Å². The maximum absolute atomic E-state index is 13.2. The van der Waals surface area contributed by atoms with E-state index in [9.17, 15) is 4.79 Å². The minimum absolute atomic E-state index is 0.120. The molecule has 0 N–H and O–H groups in total. The van der Waals surface area contributed by atoms with Crippen LogP contribution in [0.1, 0.15) is 16.8 Å². The van der Waals surface area contributed by atoms with Crippen LogP contribution in [0, 0.1) is 0 Å². The Balaban J connectivity index is 1.56. The molecule has 7 nitrogen and oxygen atoms in total. The second-order valence-electron chi connectivity index (χ2n) is 6.24. The third-order valence-electron chi connectivity index (χ3n) is 4.60. The lowest BCUT2D eigenvalue weighted by Crippen LogP contribution is -2.37. The van der Waals surface area contributed by atoms with Gasteiger partial charge in [-0.05, 0) is 12.5 Å². The number of aryl methyl sites for hydroxylation is 1. The number of hydrogen-bond acceptors (Lipinski definition) is 4. The highest BCUT2D eigenvalue weighted by atomic mass is 16.2. The third-order valence-corrected chi connectivity index (χ3v) is 4.60. The monoisotopic (exact) mass is 344 g/mol. The summed E-state index contributed by atoms with van der Waals surface area (Å²) in [6, 6.07) is 11.8. The standard InChI is InChI=1S/C19H16N6O/c26-18(15-12-21-25-11-4-8-20-17(15)25)24-10-5-9-23-13-16(22-19(23)24)14-6-2-1-3-7-14/h1-4,6-8,11-13H,5,9-10H2. The van der Waals surface area contributed by atoms with Crippen LogP contribution in [0.25, 0.3) is 16.9 Å². The molecule has 3 aromatic heterocycles. The Hall–Kier alpha value is -3.48. The first kappa shape index (κ1) is 14.8. The van der Waals surface area contributed by atoms with E-state index >= 15 is 0 Å². The molecule has 0 saturated carbocycles. The van der Waals surface area contributed by atoms with Gasteiger partial charge in [-0.25, -0.2) is 14.5 Å². The number of rotatable bonds is 2. The minimum Gasteiger partial charge on any atom is -0.316 e. The van der Waals surface area contributed by atoms with Gasteiger partial charge in [0.05, 0.1) is 11.9 Å². The van der Waals surface area contributed by atoms with E-state index in [2.05, 4.69) is 10.1 Å². The predicted octanol–water partition coefficient (Wildman–Crippen LogP) is 2.64. The molecule has 26 heavy (non-hydrogen) atoms. The zero-order chi connectivity index (χ0) is 17.5. The molecule has 128 valence electrons. The lowest BCUT2D eigenvalue weighted by molar-refractivity contribution is 0.0982. The van der Waals surface area contributed by atoms with E-state index in [1.54, 1.807) is 34.1 Å². The molecular formula is C19H16N6O. The van der Waals surface area contributed by atoms with E-state index in [1.807, 2.05) is 41.1 Å². The zero-order valence-electron chi connectivity index (χ0n) is 14.0. The number of hydrogen-bond donors (Lipinski definition) is 0. The highest BCUT2D eigenvalue weighted by molar-refractivity contribution is 6.09. The van der Waals surface area contributed by atoms with Crippen molar-refractivity contribution in [2.75, 3.05) is 11.4 Å². The smallest absolute Gasteiger partial charge is 0.266 e. The van der Waals surface area contributed by atoms with Crippen molar-refractivity contribution in [2.45, 2.75) is 13.0 Å². The average molecular weight is 344 g/mol. The molecular weight excluding hydrogens is 328 g/mol. The quantitative estimate of drug-likeness (QED) is 0.561. The van der Waals surface area contributed by atoms with Crippen molar-refractivity contribution in [3.8, 4) is 11.3 Å². The van der Waals surface area contributed by atoms with Crippen LogP contribution in [0.3, 0.4) is 0 Å². The van der Waals surface area contributed by atoms with Gasteiger partial charge >= 0.3 is 0 Å². The summed E-state index contributed by atoms with van der Waals surface area (Å²) >= 11 is 0. The number of aromatic nitrogens is 5. The summed E-state index contributed by atoms with van der Waals surface area (Å²) in [4.78, 5) is 23.9. The van der Waals surface area contributed by atoms with Gasteiger partial charge in [-0.1, -0.05) is 30.3 Å². The molecule has 0 bridgehead atoms. The van der Waals surface area contributed by atoms with Crippen molar-refractivity contribution in [1.82, 2.24) is 24.1 Å². The number of carbonyl (C=O) groups excluding carboxylic acids is 1. The van der Waals surface area contributed by atoms with Gasteiger partial charge in [-0.3, -0.25) is 9.69 Å². The molecule has 0 spiro atoms. The van der Waals surface area contributed by atoms with Crippen molar-refractivity contribution >= 4 is 17.5 Å². The van der Waals surface area contributed by atoms with Crippen LogP contribution in [-0.2, 0) is 6.54 Å². The Morgan fingerprint density at radius 1 is 1.08 bits per heavy atom. The average Bonchev–Trinajstić information content (AvgIpc) is 3.32. The van der Waals surface area contributed by atoms with Gasteiger partial charge in [-0.15, -0.1) is 0 Å². The molecule has 7 heteroatoms. The first-order valence-corrected chi connectivity index (χ1v) is 8.54. The van der Waals surface area contributed by atoms with Crippen molar-refractivity contribution in [3.05, 3.63) is 66.7 Å². The van der Waals surface area contributed by atoms with Crippen molar-refractivity contribution in [1.29, 1.82) is 0 Å². The molecule has 4 aromatic rings. The van der Waals surface area contributed by atoms with Gasteiger partial charge in [0, 0.05) is 37.2 Å². The first-order chi connectivity index (χ1) is 12.8. The summed E-state index contributed by atoms with van der Waals surface area (Å²) in [6.45, 7) is 1.49. The molecule has 0 fully saturated rings. The second kappa shape index (κ2) is 5.80. The van der Waals surface area contributed by atoms with Gasteiger partial charge < -0.3 is 4.57 Å². The number of fused-ring (bicyclic) bond motifs is 2. The van der Waals surface area contributed by atoms with Gasteiger partial charge in [0.1, 0.15) is 5.56 Å². The predicted molar refractivity (Wildman–Crippen MR) is 96.9 cm³/mol. The normalized spacial score (nSPS) is 13.8. The minimum atomic E-state index is -0.120. The number of carbonyl (C=O) groups is 1. The molecule has 1 aromatic carbocycles. The number of anilines is 1. The summed E-state index contributed by atoms with van der Waals surface area (Å²) in [5, 5.41) is 4.22. The molecule has 0 unspecified atom stereocenters. The molecule has 0 saturated heterocycles. The number of amides is 1. The Bertz CT molecular complexity index is 1100. The molecule has 0 atom stereocenters. The van der Waals surface area contributed by atoms with Gasteiger partial charge in [0.25, 0.3) is 5.91 Å². The second-order valence-corrected chi connectivity index (χ2v) is 6.24. The summed E-state index contributed by atoms with van der Waals surface area (Å²) in [7, 11) is 0. The van der Waals surface area contributed by atoms with Crippen LogP contribution in [-0.4, -0.2) is 36.6 Å². The van der Waals surface area contributed by atoms with Crippen LogP contribution in [0.2, 0.25) is 0 Å². The van der Waals surface area contributed by atoms with Gasteiger partial charge in [0.15, 0.2) is 5.65 Å². The molecule has 1 aliphatic rings. The Kier molecular flexibility index (Phi) is 3.31. The molecule has 1 aliphatic heterocycles. The Labute approximate surface area is 149 Å². The number of benzene rings is 1. The number of imidazole rings is 1. The fraction of sp³-hybridized carbons (Fsp3) is 0.158. The summed E-state index contributed by atoms with van der Waals surface area (Å²) in [5.74, 6) is 0.556. The first-order valence-electron chi connectivity index (χ1n) is 8.54. The van der Waals surface area contributed by atoms with E-state index in [4.69, 9.17) is 4.98 Å². The fourth-order valence-corrected chi connectivity index (χ4v) is 3.35. The summed E-state index contributed by atoms with van der Waals surface area (Å²) in [6.07, 6.45) is 7.92. The van der Waals surface area contributed by atoms with Gasteiger partial charge in [-0.2, -0.15) is 5.10 Å². The highest BCUT2D eigenvalue weighted by Gasteiger charge is 2.28. The molecule has 4 heterocycles. The van der Waals surface area contributed by atoms with E-state index < -0.39 is 0 Å². The molecule has 0 aliphatic carbocycles. The Morgan fingerprint density at radius 2 is 1.96 bits per heavy atom. The van der Waals surface area contributed by atoms with E-state index in [0.717, 1.165) is 24.2 Å². The lowest BCUT2D eigenvalue weighted by atomic mass is 10.2. The van der Waals surface area contributed by atoms with E-state index in [-0.39, 0.29) is 5.91 Å². The lowest BCUT2D eigenvalue weighted by Gasteiger charge is -2.26. The van der Waals surface area contributed by atoms with Crippen LogP contribution in [0.4, 0.5) is 5.95 Å². The number of nitrogens with zero attached hydrogens (tertiary/aromatic N) is 6.